The van der Waals surface area contributed by atoms with Crippen LogP contribution in [0.5, 0.6) is 0 Å². The van der Waals surface area contributed by atoms with E-state index in [9.17, 15) is 8.42 Å². The van der Waals surface area contributed by atoms with Crippen molar-refractivity contribution in [2.75, 3.05) is 5.75 Å². The molecule has 0 saturated carbocycles. The van der Waals surface area contributed by atoms with Crippen LogP contribution in [0.15, 0.2) is 0 Å². The maximum absolute atomic E-state index is 11.1. The van der Waals surface area contributed by atoms with Gasteiger partial charge in [-0.3, -0.25) is 0 Å². The van der Waals surface area contributed by atoms with Gasteiger partial charge in [0.05, 0.1) is 6.07 Å². The van der Waals surface area contributed by atoms with E-state index in [4.69, 9.17) is 5.26 Å². The van der Waals surface area contributed by atoms with Crippen LogP contribution in [0.3, 0.4) is 0 Å². The summed E-state index contributed by atoms with van der Waals surface area (Å²) in [4.78, 5) is 0. The SMILES string of the molecule is CCS(=O)(=O)C(C#N)C(C)C. The van der Waals surface area contributed by atoms with Crippen molar-refractivity contribution in [2.45, 2.75) is 26.0 Å². The maximum Gasteiger partial charge on any atom is 0.166 e. The Balaban J connectivity index is 4.70. The molecule has 3 nitrogen and oxygen atoms in total. The van der Waals surface area contributed by atoms with Crippen LogP contribution in [-0.4, -0.2) is 19.4 Å². The van der Waals surface area contributed by atoms with Crippen LogP contribution < -0.4 is 0 Å². The van der Waals surface area contributed by atoms with Crippen molar-refractivity contribution >= 4 is 9.84 Å². The highest BCUT2D eigenvalue weighted by molar-refractivity contribution is 7.92. The quantitative estimate of drug-likeness (QED) is 0.642. The predicted molar refractivity (Wildman–Crippen MR) is 43.7 cm³/mol. The van der Waals surface area contributed by atoms with Gasteiger partial charge in [0.15, 0.2) is 9.84 Å². The molecule has 0 rings (SSSR count). The molecule has 0 heterocycles. The van der Waals surface area contributed by atoms with Gasteiger partial charge in [-0.15, -0.1) is 0 Å². The van der Waals surface area contributed by atoms with E-state index in [0.717, 1.165) is 0 Å². The molecule has 0 aromatic carbocycles. The second-order valence-corrected chi connectivity index (χ2v) is 5.16. The molecule has 1 unspecified atom stereocenters. The van der Waals surface area contributed by atoms with Crippen molar-refractivity contribution in [2.24, 2.45) is 5.92 Å². The van der Waals surface area contributed by atoms with Gasteiger partial charge < -0.3 is 0 Å². The summed E-state index contributed by atoms with van der Waals surface area (Å²) in [7, 11) is -3.17. The molecule has 0 amide bonds. The molecule has 0 fully saturated rings. The Hall–Kier alpha value is -0.560. The average Bonchev–Trinajstić information content (AvgIpc) is 1.88. The van der Waals surface area contributed by atoms with E-state index in [0.29, 0.717) is 0 Å². The summed E-state index contributed by atoms with van der Waals surface area (Å²) < 4.78 is 22.3. The van der Waals surface area contributed by atoms with Crippen LogP contribution >= 0.6 is 0 Å². The monoisotopic (exact) mass is 175 g/mol. The number of hydrogen-bond donors (Lipinski definition) is 0. The van der Waals surface area contributed by atoms with Crippen LogP contribution in [0, 0.1) is 17.2 Å². The first kappa shape index (κ1) is 10.4. The Morgan fingerprint density at radius 3 is 2.00 bits per heavy atom. The zero-order valence-corrected chi connectivity index (χ0v) is 7.85. The maximum atomic E-state index is 11.1. The molecule has 4 heteroatoms. The first-order valence-electron chi connectivity index (χ1n) is 3.57. The summed E-state index contributed by atoms with van der Waals surface area (Å²) in [5.41, 5.74) is 0. The molecule has 0 bridgehead atoms. The van der Waals surface area contributed by atoms with Gasteiger partial charge in [0.1, 0.15) is 5.25 Å². The highest BCUT2D eigenvalue weighted by Gasteiger charge is 2.26. The molecular formula is C7H13NO2S. The first-order valence-corrected chi connectivity index (χ1v) is 5.28. The first-order chi connectivity index (χ1) is 4.95. The molecule has 0 aliphatic carbocycles. The van der Waals surface area contributed by atoms with Crippen LogP contribution in [0.1, 0.15) is 20.8 Å². The molecule has 0 aromatic rings. The summed E-state index contributed by atoms with van der Waals surface area (Å²) >= 11 is 0. The molecule has 64 valence electrons. The van der Waals surface area contributed by atoms with Gasteiger partial charge in [0.2, 0.25) is 0 Å². The number of rotatable bonds is 3. The summed E-state index contributed by atoms with van der Waals surface area (Å²) in [5, 5.41) is 7.69. The standard InChI is InChI=1S/C7H13NO2S/c1-4-11(9,10)7(5-8)6(2)3/h6-7H,4H2,1-3H3. The zero-order valence-electron chi connectivity index (χ0n) is 7.03. The highest BCUT2D eigenvalue weighted by atomic mass is 32.2. The highest BCUT2D eigenvalue weighted by Crippen LogP contribution is 2.11. The molecule has 0 spiro atoms. The van der Waals surface area contributed by atoms with E-state index >= 15 is 0 Å². The largest absolute Gasteiger partial charge is 0.227 e. The molecule has 0 aliphatic rings. The molecule has 1 atom stereocenters. The predicted octanol–water partition coefficient (Wildman–Crippen LogP) is 0.969. The van der Waals surface area contributed by atoms with E-state index in [1.165, 1.54) is 0 Å². The van der Waals surface area contributed by atoms with Gasteiger partial charge in [0.25, 0.3) is 0 Å². The lowest BCUT2D eigenvalue weighted by Crippen LogP contribution is -2.26. The van der Waals surface area contributed by atoms with Crippen LogP contribution in [-0.2, 0) is 9.84 Å². The van der Waals surface area contributed by atoms with Gasteiger partial charge in [-0.1, -0.05) is 20.8 Å². The molecule has 0 N–H and O–H groups in total. The topological polar surface area (TPSA) is 57.9 Å². The second-order valence-electron chi connectivity index (χ2n) is 2.75. The van der Waals surface area contributed by atoms with Crippen LogP contribution in [0.25, 0.3) is 0 Å². The van der Waals surface area contributed by atoms with Gasteiger partial charge in [-0.25, -0.2) is 8.42 Å². The minimum absolute atomic E-state index is 0.0450. The summed E-state index contributed by atoms with van der Waals surface area (Å²) in [6.07, 6.45) is 0. The fourth-order valence-corrected chi connectivity index (χ4v) is 2.17. The molecule has 0 aromatic heterocycles. The zero-order chi connectivity index (χ0) is 9.07. The van der Waals surface area contributed by atoms with Crippen molar-refractivity contribution in [3.8, 4) is 6.07 Å². The smallest absolute Gasteiger partial charge is 0.166 e. The Morgan fingerprint density at radius 1 is 1.45 bits per heavy atom. The van der Waals surface area contributed by atoms with Gasteiger partial charge >= 0.3 is 0 Å². The van der Waals surface area contributed by atoms with Gasteiger partial charge in [-0.05, 0) is 5.92 Å². The van der Waals surface area contributed by atoms with Crippen molar-refractivity contribution in [3.63, 3.8) is 0 Å². The fraction of sp³-hybridized carbons (Fsp3) is 0.857. The van der Waals surface area contributed by atoms with Crippen LogP contribution in [0.4, 0.5) is 0 Å². The lowest BCUT2D eigenvalue weighted by Gasteiger charge is -2.11. The lowest BCUT2D eigenvalue weighted by atomic mass is 10.1. The summed E-state index contributed by atoms with van der Waals surface area (Å²) in [6.45, 7) is 5.03. The Morgan fingerprint density at radius 2 is 1.91 bits per heavy atom. The van der Waals surface area contributed by atoms with Crippen molar-refractivity contribution in [1.29, 1.82) is 5.26 Å². The van der Waals surface area contributed by atoms with Crippen LogP contribution in [0.2, 0.25) is 0 Å². The average molecular weight is 175 g/mol. The third-order valence-corrected chi connectivity index (χ3v) is 3.75. The Bertz CT molecular complexity index is 248. The Kier molecular flexibility index (Phi) is 3.53. The van der Waals surface area contributed by atoms with E-state index in [2.05, 4.69) is 0 Å². The normalized spacial score (nSPS) is 14.5. The van der Waals surface area contributed by atoms with Crippen molar-refractivity contribution in [1.82, 2.24) is 0 Å². The fourth-order valence-electron chi connectivity index (χ4n) is 0.824. The number of sulfone groups is 1. The minimum atomic E-state index is -3.17. The number of hydrogen-bond acceptors (Lipinski definition) is 3. The molecule has 0 aliphatic heterocycles. The molecular weight excluding hydrogens is 162 g/mol. The summed E-state index contributed by atoms with van der Waals surface area (Å²) in [6, 6.07) is 1.80. The van der Waals surface area contributed by atoms with Crippen molar-refractivity contribution in [3.05, 3.63) is 0 Å². The molecule has 0 radical (unpaired) electrons. The Labute approximate surface area is 67.9 Å². The van der Waals surface area contributed by atoms with Gasteiger partial charge in [-0.2, -0.15) is 5.26 Å². The van der Waals surface area contributed by atoms with Gasteiger partial charge in [0, 0.05) is 5.75 Å². The molecule has 0 saturated heterocycles. The number of nitriles is 1. The second kappa shape index (κ2) is 3.72. The van der Waals surface area contributed by atoms with E-state index in [-0.39, 0.29) is 11.7 Å². The molecule has 11 heavy (non-hydrogen) atoms. The summed E-state index contributed by atoms with van der Waals surface area (Å²) in [5.74, 6) is -0.0754. The van der Waals surface area contributed by atoms with E-state index < -0.39 is 15.1 Å². The number of nitrogens with zero attached hydrogens (tertiary/aromatic N) is 1. The third-order valence-electron chi connectivity index (χ3n) is 1.52. The van der Waals surface area contributed by atoms with E-state index in [1.807, 2.05) is 0 Å². The van der Waals surface area contributed by atoms with E-state index in [1.54, 1.807) is 26.8 Å². The third kappa shape index (κ3) is 2.51. The lowest BCUT2D eigenvalue weighted by molar-refractivity contribution is 0.565. The van der Waals surface area contributed by atoms with Crippen molar-refractivity contribution < 1.29 is 8.42 Å². The minimum Gasteiger partial charge on any atom is -0.227 e.